The fourth-order valence-electron chi connectivity index (χ4n) is 8.10. The monoisotopic (exact) mass is 715 g/mol. The van der Waals surface area contributed by atoms with Gasteiger partial charge in [0, 0.05) is 59.1 Å². The van der Waals surface area contributed by atoms with Gasteiger partial charge in [-0.05, 0) is 132 Å². The molecule has 8 aromatic rings. The third-order valence-corrected chi connectivity index (χ3v) is 11.0. The van der Waals surface area contributed by atoms with Gasteiger partial charge in [-0.25, -0.2) is 15.0 Å². The summed E-state index contributed by atoms with van der Waals surface area (Å²) in [4.78, 5) is 19.0. The smallest absolute Gasteiger partial charge is 0.182 e. The van der Waals surface area contributed by atoms with Crippen molar-refractivity contribution in [3.63, 3.8) is 0 Å². The molecule has 0 unspecified atom stereocenters. The molecule has 0 saturated carbocycles. The van der Waals surface area contributed by atoms with Gasteiger partial charge in [-0.2, -0.15) is 5.10 Å². The van der Waals surface area contributed by atoms with Crippen molar-refractivity contribution < 1.29 is 0 Å². The van der Waals surface area contributed by atoms with Crippen LogP contribution in [0.2, 0.25) is 0 Å². The molecule has 3 aromatic carbocycles. The van der Waals surface area contributed by atoms with Crippen LogP contribution in [0.4, 0.5) is 0 Å². The molecule has 0 radical (unpaired) electrons. The summed E-state index contributed by atoms with van der Waals surface area (Å²) in [6.45, 7) is 10.4. The number of imidazole rings is 1. The zero-order valence-electron chi connectivity index (χ0n) is 31.3. The molecule has 11 heteroatoms. The maximum atomic E-state index is 4.94. The lowest BCUT2D eigenvalue weighted by Gasteiger charge is -2.23. The van der Waals surface area contributed by atoms with Crippen LogP contribution in [0.15, 0.2) is 79.3 Å². The Kier molecular flexibility index (Phi) is 9.04. The van der Waals surface area contributed by atoms with Crippen molar-refractivity contribution in [2.45, 2.75) is 58.3 Å². The Labute approximate surface area is 314 Å². The topological polar surface area (TPSA) is 124 Å². The van der Waals surface area contributed by atoms with Crippen molar-refractivity contribution in [1.29, 1.82) is 0 Å². The summed E-state index contributed by atoms with van der Waals surface area (Å²) in [6, 6.07) is 21.4. The van der Waals surface area contributed by atoms with Gasteiger partial charge in [-0.3, -0.25) is 9.67 Å². The number of fused-ring (bicyclic) bond motifs is 4. The Morgan fingerprint density at radius 1 is 0.630 bits per heavy atom. The van der Waals surface area contributed by atoms with Gasteiger partial charge < -0.3 is 15.0 Å². The van der Waals surface area contributed by atoms with E-state index in [1.165, 1.54) is 36.9 Å². The molecule has 2 aliphatic rings. The van der Waals surface area contributed by atoms with Crippen LogP contribution < -0.4 is 10.6 Å². The summed E-state index contributed by atoms with van der Waals surface area (Å²) in [7, 11) is 1.94. The quantitative estimate of drug-likeness (QED) is 0.192. The van der Waals surface area contributed by atoms with E-state index >= 15 is 0 Å². The minimum absolute atomic E-state index is 0.575. The normalized spacial score (nSPS) is 15.6. The number of nitrogens with one attached hydrogen (secondary N) is 2. The first-order valence-electron chi connectivity index (χ1n) is 19.1. The molecular formula is C43H45N11. The van der Waals surface area contributed by atoms with Gasteiger partial charge in [-0.1, -0.05) is 18.2 Å². The van der Waals surface area contributed by atoms with Crippen molar-refractivity contribution in [1.82, 2.24) is 54.9 Å². The van der Waals surface area contributed by atoms with Crippen LogP contribution >= 0.6 is 0 Å². The second-order valence-electron chi connectivity index (χ2n) is 14.9. The maximum absolute atomic E-state index is 4.94. The van der Waals surface area contributed by atoms with Gasteiger partial charge >= 0.3 is 0 Å². The van der Waals surface area contributed by atoms with E-state index in [1.807, 2.05) is 38.0 Å². The summed E-state index contributed by atoms with van der Waals surface area (Å²) in [5, 5.41) is 22.5. The summed E-state index contributed by atoms with van der Waals surface area (Å²) < 4.78 is 3.90. The van der Waals surface area contributed by atoms with Crippen molar-refractivity contribution in [3.8, 4) is 22.6 Å². The predicted molar refractivity (Wildman–Crippen MR) is 215 cm³/mol. The third-order valence-electron chi connectivity index (χ3n) is 11.0. The lowest BCUT2D eigenvalue weighted by molar-refractivity contribution is 0.454. The molecule has 0 aliphatic carbocycles. The number of hydrogen-bond donors (Lipinski definition) is 2. The molecule has 11 nitrogen and oxygen atoms in total. The van der Waals surface area contributed by atoms with Crippen LogP contribution in [0, 0.1) is 20.8 Å². The molecule has 5 aromatic heterocycles. The van der Waals surface area contributed by atoms with Gasteiger partial charge in [0.2, 0.25) is 0 Å². The van der Waals surface area contributed by atoms with E-state index in [2.05, 4.69) is 109 Å². The molecule has 10 rings (SSSR count). The molecule has 0 atom stereocenters. The SMILES string of the molecule is Cc1cc(-c2nnc3cc(C4CCNCC4)ccc3n2)cc2cn(C)nc12.Cc1cn2cc(-c3ccc4nc(C5CCNCC5)ccc4c3)nc(C)c2n1. The highest BCUT2D eigenvalue weighted by atomic mass is 15.2. The third kappa shape index (κ3) is 6.81. The van der Waals surface area contributed by atoms with Gasteiger partial charge in [0.25, 0.3) is 0 Å². The molecule has 2 aliphatic heterocycles. The Morgan fingerprint density at radius 2 is 1.39 bits per heavy atom. The van der Waals surface area contributed by atoms with E-state index in [4.69, 9.17) is 15.0 Å². The summed E-state index contributed by atoms with van der Waals surface area (Å²) in [6.07, 6.45) is 10.8. The predicted octanol–water partition coefficient (Wildman–Crippen LogP) is 7.38. The lowest BCUT2D eigenvalue weighted by Crippen LogP contribution is -2.27. The van der Waals surface area contributed by atoms with Gasteiger partial charge in [0.15, 0.2) is 11.5 Å². The second-order valence-corrected chi connectivity index (χ2v) is 14.9. The van der Waals surface area contributed by atoms with Crippen LogP contribution in [-0.2, 0) is 7.05 Å². The molecule has 272 valence electrons. The van der Waals surface area contributed by atoms with Crippen molar-refractivity contribution in [3.05, 3.63) is 107 Å². The van der Waals surface area contributed by atoms with Gasteiger partial charge in [0.1, 0.15) is 5.52 Å². The largest absolute Gasteiger partial charge is 0.317 e. The first-order valence-corrected chi connectivity index (χ1v) is 19.1. The number of nitrogens with zero attached hydrogens (tertiary/aromatic N) is 9. The highest BCUT2D eigenvalue weighted by molar-refractivity contribution is 5.87. The van der Waals surface area contributed by atoms with E-state index in [0.29, 0.717) is 17.7 Å². The molecule has 0 amide bonds. The van der Waals surface area contributed by atoms with E-state index < -0.39 is 0 Å². The zero-order valence-corrected chi connectivity index (χ0v) is 31.3. The van der Waals surface area contributed by atoms with Crippen molar-refractivity contribution >= 4 is 38.5 Å². The van der Waals surface area contributed by atoms with Crippen molar-refractivity contribution in [2.24, 2.45) is 7.05 Å². The Morgan fingerprint density at radius 3 is 2.20 bits per heavy atom. The molecular weight excluding hydrogens is 671 g/mol. The van der Waals surface area contributed by atoms with Crippen LogP contribution in [0.1, 0.15) is 65.7 Å². The van der Waals surface area contributed by atoms with Crippen molar-refractivity contribution in [2.75, 3.05) is 26.2 Å². The highest BCUT2D eigenvalue weighted by Crippen LogP contribution is 2.30. The highest BCUT2D eigenvalue weighted by Gasteiger charge is 2.18. The summed E-state index contributed by atoms with van der Waals surface area (Å²) in [5.41, 5.74) is 13.4. The first kappa shape index (κ1) is 34.1. The number of aromatic nitrogens is 9. The average Bonchev–Trinajstić information content (AvgIpc) is 3.79. The molecule has 0 spiro atoms. The number of pyridine rings is 1. The number of aryl methyl sites for hydroxylation is 4. The number of piperidine rings is 2. The minimum Gasteiger partial charge on any atom is -0.317 e. The van der Waals surface area contributed by atoms with Gasteiger partial charge in [0.05, 0.1) is 33.6 Å². The van der Waals surface area contributed by atoms with E-state index in [1.54, 1.807) is 0 Å². The molecule has 0 bridgehead atoms. The minimum atomic E-state index is 0.575. The van der Waals surface area contributed by atoms with Crippen LogP contribution in [0.25, 0.3) is 61.1 Å². The number of hydrogen-bond acceptors (Lipinski definition) is 9. The molecule has 54 heavy (non-hydrogen) atoms. The Bertz CT molecular complexity index is 2460. The number of benzene rings is 3. The standard InChI is InChI=1S/C22H23N5.C21H22N6/c1-14-12-27-13-21(25-15(2)22(27)24-14)18-4-6-20-17(11-18)3-5-19(26-20)16-7-9-23-10-8-16;1-13-9-16(10-17-12-27(2)26-20(13)17)21-23-18-4-3-15(11-19(18)24-25-21)14-5-7-22-8-6-14/h3-6,11-13,16,23H,7-10H2,1-2H3;3-4,9-12,14,22H,5-8H2,1-2H3. The molecule has 2 N–H and O–H groups in total. The summed E-state index contributed by atoms with van der Waals surface area (Å²) in [5.74, 6) is 1.84. The fraction of sp³-hybridized carbons (Fsp3) is 0.326. The fourth-order valence-corrected chi connectivity index (χ4v) is 8.10. The lowest BCUT2D eigenvalue weighted by atomic mass is 9.90. The van der Waals surface area contributed by atoms with Gasteiger partial charge in [-0.15, -0.1) is 10.2 Å². The zero-order chi connectivity index (χ0) is 36.8. The second kappa shape index (κ2) is 14.3. The molecule has 2 fully saturated rings. The molecule has 7 heterocycles. The summed E-state index contributed by atoms with van der Waals surface area (Å²) >= 11 is 0. The Hall–Kier alpha value is -5.65. The van der Waals surface area contributed by atoms with E-state index in [0.717, 1.165) is 98.4 Å². The van der Waals surface area contributed by atoms with Crippen LogP contribution in [0.5, 0.6) is 0 Å². The first-order chi connectivity index (χ1) is 26.3. The van der Waals surface area contributed by atoms with E-state index in [9.17, 15) is 0 Å². The average molecular weight is 716 g/mol. The van der Waals surface area contributed by atoms with E-state index in [-0.39, 0.29) is 0 Å². The Balaban J connectivity index is 0.000000142. The van der Waals surface area contributed by atoms with Crippen LogP contribution in [0.3, 0.4) is 0 Å². The van der Waals surface area contributed by atoms with Crippen LogP contribution in [-0.4, -0.2) is 70.5 Å². The maximum Gasteiger partial charge on any atom is 0.182 e. The molecule has 2 saturated heterocycles. The number of rotatable bonds is 4.